The minimum absolute atomic E-state index is 0.152. The first kappa shape index (κ1) is 32.2. The summed E-state index contributed by atoms with van der Waals surface area (Å²) in [6.07, 6.45) is 1.96. The topological polar surface area (TPSA) is 101 Å². The van der Waals surface area contributed by atoms with Gasteiger partial charge in [0.05, 0.1) is 26.4 Å². The summed E-state index contributed by atoms with van der Waals surface area (Å²) in [7, 11) is 4.91. The maximum Gasteiger partial charge on any atom is 0.330 e. The van der Waals surface area contributed by atoms with E-state index in [1.807, 2.05) is 66.7 Å². The summed E-state index contributed by atoms with van der Waals surface area (Å²) in [6, 6.07) is 27.4. The van der Waals surface area contributed by atoms with Crippen LogP contribution in [0.5, 0.6) is 11.5 Å². The predicted molar refractivity (Wildman–Crippen MR) is 172 cm³/mol. The maximum atomic E-state index is 12.9. The first-order valence-electron chi connectivity index (χ1n) is 15.4. The smallest absolute Gasteiger partial charge is 0.330 e. The van der Waals surface area contributed by atoms with Crippen molar-refractivity contribution in [2.45, 2.75) is 63.3 Å². The fourth-order valence-corrected chi connectivity index (χ4v) is 6.37. The van der Waals surface area contributed by atoms with E-state index in [9.17, 15) is 9.59 Å². The minimum atomic E-state index is -1.04. The van der Waals surface area contributed by atoms with Crippen LogP contribution in [0.4, 0.5) is 0 Å². The van der Waals surface area contributed by atoms with Gasteiger partial charge in [0.1, 0.15) is 23.2 Å². The molecule has 0 spiro atoms. The van der Waals surface area contributed by atoms with Crippen LogP contribution in [0.3, 0.4) is 0 Å². The fourth-order valence-electron chi connectivity index (χ4n) is 6.37. The van der Waals surface area contributed by atoms with E-state index in [0.717, 1.165) is 41.0 Å². The van der Waals surface area contributed by atoms with Crippen molar-refractivity contribution in [2.24, 2.45) is 5.92 Å². The highest BCUT2D eigenvalue weighted by atomic mass is 16.6. The van der Waals surface area contributed by atoms with E-state index in [2.05, 4.69) is 31.0 Å². The molecule has 0 bridgehead atoms. The van der Waals surface area contributed by atoms with Gasteiger partial charge in [-0.15, -0.1) is 0 Å². The van der Waals surface area contributed by atoms with Crippen LogP contribution in [0.1, 0.15) is 56.0 Å². The molecule has 5 atom stereocenters. The number of nitrogens with one attached hydrogen (secondary N) is 1. The van der Waals surface area contributed by atoms with Crippen molar-refractivity contribution in [1.82, 2.24) is 9.55 Å². The number of hydrogen-bond acceptors (Lipinski definition) is 7. The molecule has 9 nitrogen and oxygen atoms in total. The second kappa shape index (κ2) is 14.3. The Bertz CT molecular complexity index is 1590. The first-order chi connectivity index (χ1) is 21.9. The quantitative estimate of drug-likeness (QED) is 0.194. The Morgan fingerprint density at radius 1 is 0.844 bits per heavy atom. The number of H-pyrrole nitrogens is 1. The summed E-state index contributed by atoms with van der Waals surface area (Å²) in [4.78, 5) is 27.0. The molecule has 1 unspecified atom stereocenters. The molecule has 1 aromatic heterocycles. The molecule has 5 rings (SSSR count). The van der Waals surface area contributed by atoms with Gasteiger partial charge in [-0.25, -0.2) is 4.79 Å². The van der Waals surface area contributed by atoms with Gasteiger partial charge in [-0.05, 0) is 47.4 Å². The Balaban J connectivity index is 1.67. The molecule has 9 heteroatoms. The summed E-state index contributed by atoms with van der Waals surface area (Å²) in [5, 5.41) is 0. The monoisotopic (exact) mass is 614 g/mol. The molecule has 238 valence electrons. The number of aromatic amines is 1. The highest BCUT2D eigenvalue weighted by molar-refractivity contribution is 5.50. The van der Waals surface area contributed by atoms with Gasteiger partial charge in [-0.1, -0.05) is 81.3 Å². The summed E-state index contributed by atoms with van der Waals surface area (Å²) in [5.74, 6) is 1.33. The zero-order valence-corrected chi connectivity index (χ0v) is 26.5. The van der Waals surface area contributed by atoms with E-state index < -0.39 is 41.4 Å². The number of rotatable bonds is 13. The molecule has 1 aliphatic rings. The predicted octanol–water partition coefficient (Wildman–Crippen LogP) is 5.67. The average Bonchev–Trinajstić information content (AvgIpc) is 3.41. The zero-order chi connectivity index (χ0) is 32.0. The third-order valence-corrected chi connectivity index (χ3v) is 8.72. The van der Waals surface area contributed by atoms with Gasteiger partial charge >= 0.3 is 5.69 Å². The standard InChI is InChI=1S/C36H42N2O7/c1-6-7-13-30(32-24(2)33(43-5)34(44-32)38-23-22-31(39)37-35(38)40)45-36(25-11-9-8-10-12-25,26-14-18-28(41-3)19-15-26)27-16-20-29(42-4)21-17-27/h8-12,14-24,30,32-34H,6-7,13H2,1-5H3,(H,37,39,40)/t24?,30-,32+,33+,34-/m1/s1. The number of ether oxygens (including phenoxy) is 5. The molecule has 0 saturated carbocycles. The molecule has 1 fully saturated rings. The highest BCUT2D eigenvalue weighted by Crippen LogP contribution is 2.46. The molecule has 1 saturated heterocycles. The van der Waals surface area contributed by atoms with Crippen LogP contribution in [0.2, 0.25) is 0 Å². The van der Waals surface area contributed by atoms with E-state index >= 15 is 0 Å². The van der Waals surface area contributed by atoms with Gasteiger partial charge in [0, 0.05) is 25.3 Å². The Hall–Kier alpha value is -4.18. The van der Waals surface area contributed by atoms with Crippen LogP contribution < -0.4 is 20.7 Å². The fraction of sp³-hybridized carbons (Fsp3) is 0.389. The van der Waals surface area contributed by atoms with E-state index in [1.54, 1.807) is 21.3 Å². The molecule has 4 aromatic rings. The first-order valence-corrected chi connectivity index (χ1v) is 15.4. The SMILES string of the molecule is CCCC[C@@H](OC(c1ccccc1)(c1ccc(OC)cc1)c1ccc(OC)cc1)[C@H]1O[C@@H](n2ccc(=O)[nH]c2=O)[C@@H](OC)C1C. The Morgan fingerprint density at radius 3 is 1.93 bits per heavy atom. The van der Waals surface area contributed by atoms with Gasteiger partial charge < -0.3 is 23.7 Å². The second-order valence-corrected chi connectivity index (χ2v) is 11.4. The molecule has 0 amide bonds. The van der Waals surface area contributed by atoms with Gasteiger partial charge in [0.25, 0.3) is 5.56 Å². The normalized spacial score (nSPS) is 20.6. The van der Waals surface area contributed by atoms with Crippen molar-refractivity contribution in [1.29, 1.82) is 0 Å². The molecule has 2 heterocycles. The minimum Gasteiger partial charge on any atom is -0.497 e. The number of nitrogens with zero attached hydrogens (tertiary/aromatic N) is 1. The van der Waals surface area contributed by atoms with Crippen molar-refractivity contribution in [3.63, 3.8) is 0 Å². The second-order valence-electron chi connectivity index (χ2n) is 11.4. The van der Waals surface area contributed by atoms with Crippen molar-refractivity contribution in [3.05, 3.63) is 129 Å². The molecular weight excluding hydrogens is 572 g/mol. The van der Waals surface area contributed by atoms with Crippen molar-refractivity contribution in [2.75, 3.05) is 21.3 Å². The lowest BCUT2D eigenvalue weighted by atomic mass is 9.79. The van der Waals surface area contributed by atoms with Crippen LogP contribution >= 0.6 is 0 Å². The number of benzene rings is 3. The summed E-state index contributed by atoms with van der Waals surface area (Å²) < 4.78 is 32.6. The lowest BCUT2D eigenvalue weighted by Gasteiger charge is -2.41. The third kappa shape index (κ3) is 6.47. The van der Waals surface area contributed by atoms with Crippen molar-refractivity contribution in [3.8, 4) is 11.5 Å². The summed E-state index contributed by atoms with van der Waals surface area (Å²) in [6.45, 7) is 4.21. The van der Waals surface area contributed by atoms with Crippen LogP contribution in [-0.4, -0.2) is 49.2 Å². The van der Waals surface area contributed by atoms with Crippen LogP contribution in [-0.2, 0) is 19.8 Å². The average molecular weight is 615 g/mol. The number of hydrogen-bond donors (Lipinski definition) is 1. The number of unbranched alkanes of at least 4 members (excludes halogenated alkanes) is 1. The molecule has 0 radical (unpaired) electrons. The molecule has 0 aliphatic carbocycles. The summed E-state index contributed by atoms with van der Waals surface area (Å²) in [5.41, 5.74) is 0.722. The summed E-state index contributed by atoms with van der Waals surface area (Å²) >= 11 is 0. The van der Waals surface area contributed by atoms with Crippen LogP contribution in [0.25, 0.3) is 0 Å². The lowest BCUT2D eigenvalue weighted by molar-refractivity contribution is -0.140. The van der Waals surface area contributed by atoms with Crippen LogP contribution in [0.15, 0.2) is 101 Å². The number of methoxy groups -OCH3 is 3. The molecular formula is C36H42N2O7. The third-order valence-electron chi connectivity index (χ3n) is 8.72. The van der Waals surface area contributed by atoms with Gasteiger partial charge in [0.2, 0.25) is 0 Å². The van der Waals surface area contributed by atoms with Crippen molar-refractivity contribution >= 4 is 0 Å². The van der Waals surface area contributed by atoms with Crippen LogP contribution in [0, 0.1) is 5.92 Å². The Morgan fingerprint density at radius 2 is 1.42 bits per heavy atom. The largest absolute Gasteiger partial charge is 0.497 e. The van der Waals surface area contributed by atoms with E-state index in [1.165, 1.54) is 16.8 Å². The van der Waals surface area contributed by atoms with Gasteiger partial charge in [-0.3, -0.25) is 14.3 Å². The maximum absolute atomic E-state index is 12.9. The number of aromatic nitrogens is 2. The molecule has 3 aromatic carbocycles. The Labute approximate surface area is 263 Å². The Kier molecular flexibility index (Phi) is 10.2. The van der Waals surface area contributed by atoms with E-state index in [0.29, 0.717) is 6.42 Å². The molecule has 1 N–H and O–H groups in total. The van der Waals surface area contributed by atoms with Gasteiger partial charge in [0.15, 0.2) is 6.23 Å². The zero-order valence-electron chi connectivity index (χ0n) is 26.5. The molecule has 1 aliphatic heterocycles. The lowest BCUT2D eigenvalue weighted by Crippen LogP contribution is -2.43. The van der Waals surface area contributed by atoms with E-state index in [-0.39, 0.29) is 5.92 Å². The highest BCUT2D eigenvalue weighted by Gasteiger charge is 2.50. The van der Waals surface area contributed by atoms with E-state index in [4.69, 9.17) is 23.7 Å². The molecule has 45 heavy (non-hydrogen) atoms. The van der Waals surface area contributed by atoms with Gasteiger partial charge in [-0.2, -0.15) is 0 Å². The van der Waals surface area contributed by atoms with Crippen molar-refractivity contribution < 1.29 is 23.7 Å².